The summed E-state index contributed by atoms with van der Waals surface area (Å²) in [4.78, 5) is 0. The number of hydrogen-bond donors (Lipinski definition) is 1. The van der Waals surface area contributed by atoms with Gasteiger partial charge in [-0.25, -0.2) is 13.1 Å². The van der Waals surface area contributed by atoms with Gasteiger partial charge in [-0.3, -0.25) is 0 Å². The van der Waals surface area contributed by atoms with Gasteiger partial charge >= 0.3 is 0 Å². The fourth-order valence-electron chi connectivity index (χ4n) is 2.29. The molecule has 0 amide bonds. The van der Waals surface area contributed by atoms with Crippen LogP contribution in [0.4, 0.5) is 0 Å². The van der Waals surface area contributed by atoms with Gasteiger partial charge in [0.15, 0.2) is 0 Å². The lowest BCUT2D eigenvalue weighted by Gasteiger charge is -2.22. The van der Waals surface area contributed by atoms with E-state index in [9.17, 15) is 8.42 Å². The van der Waals surface area contributed by atoms with E-state index in [1.165, 1.54) is 0 Å². The lowest BCUT2D eigenvalue weighted by atomic mass is 10.1. The molecule has 4 nitrogen and oxygen atoms in total. The zero-order valence-electron chi connectivity index (χ0n) is 11.6. The van der Waals surface area contributed by atoms with E-state index in [4.69, 9.17) is 4.74 Å². The second-order valence-corrected chi connectivity index (χ2v) is 7.93. The Morgan fingerprint density at radius 3 is 2.85 bits per heavy atom. The van der Waals surface area contributed by atoms with Crippen molar-refractivity contribution in [3.05, 3.63) is 33.8 Å². The van der Waals surface area contributed by atoms with E-state index in [2.05, 4.69) is 20.7 Å². The number of halogens is 1. The summed E-state index contributed by atoms with van der Waals surface area (Å²) in [6, 6.07) is 5.83. The van der Waals surface area contributed by atoms with Gasteiger partial charge in [0.25, 0.3) is 0 Å². The third-order valence-electron chi connectivity index (χ3n) is 3.47. The standard InChI is InChI=1S/C14H20BrNO3S/c1-11-8-13(15)6-5-12(11)9-16-20(17,18)10-14-4-2-3-7-19-14/h5-6,8,14,16H,2-4,7,9-10H2,1H3. The zero-order valence-corrected chi connectivity index (χ0v) is 14.0. The molecule has 1 saturated heterocycles. The average molecular weight is 362 g/mol. The molecule has 20 heavy (non-hydrogen) atoms. The van der Waals surface area contributed by atoms with Crippen molar-refractivity contribution in [2.75, 3.05) is 12.4 Å². The van der Waals surface area contributed by atoms with Crippen molar-refractivity contribution in [3.63, 3.8) is 0 Å². The molecule has 0 bridgehead atoms. The molecule has 1 aromatic rings. The Bertz CT molecular complexity index is 554. The molecule has 1 N–H and O–H groups in total. The molecule has 112 valence electrons. The van der Waals surface area contributed by atoms with Crippen molar-refractivity contribution in [2.24, 2.45) is 0 Å². The molecule has 0 radical (unpaired) electrons. The Kier molecular flexibility index (Phi) is 5.60. The van der Waals surface area contributed by atoms with Crippen LogP contribution in [0.5, 0.6) is 0 Å². The molecule has 1 heterocycles. The Morgan fingerprint density at radius 2 is 2.20 bits per heavy atom. The van der Waals surface area contributed by atoms with Gasteiger partial charge in [0, 0.05) is 17.6 Å². The van der Waals surface area contributed by atoms with Crippen LogP contribution in [0, 0.1) is 6.92 Å². The maximum atomic E-state index is 12.0. The highest BCUT2D eigenvalue weighted by atomic mass is 79.9. The number of sulfonamides is 1. The summed E-state index contributed by atoms with van der Waals surface area (Å²) < 4.78 is 33.2. The first-order chi connectivity index (χ1) is 9.46. The summed E-state index contributed by atoms with van der Waals surface area (Å²) in [6.45, 7) is 2.97. The molecule has 0 spiro atoms. The molecular formula is C14H20BrNO3S. The highest BCUT2D eigenvalue weighted by Crippen LogP contribution is 2.17. The van der Waals surface area contributed by atoms with Gasteiger partial charge in [0.1, 0.15) is 0 Å². The number of hydrogen-bond acceptors (Lipinski definition) is 3. The summed E-state index contributed by atoms with van der Waals surface area (Å²) >= 11 is 3.40. The second-order valence-electron chi connectivity index (χ2n) is 5.16. The molecule has 1 aliphatic heterocycles. The molecule has 1 unspecified atom stereocenters. The fraction of sp³-hybridized carbons (Fsp3) is 0.571. The van der Waals surface area contributed by atoms with Gasteiger partial charge in [-0.1, -0.05) is 22.0 Å². The largest absolute Gasteiger partial charge is 0.377 e. The summed E-state index contributed by atoms with van der Waals surface area (Å²) in [5.41, 5.74) is 2.05. The van der Waals surface area contributed by atoms with Crippen LogP contribution in [0.1, 0.15) is 30.4 Å². The number of aryl methyl sites for hydroxylation is 1. The molecule has 6 heteroatoms. The van der Waals surface area contributed by atoms with Crippen LogP contribution < -0.4 is 4.72 Å². The lowest BCUT2D eigenvalue weighted by molar-refractivity contribution is 0.0304. The first-order valence-corrected chi connectivity index (χ1v) is 9.25. The van der Waals surface area contributed by atoms with Gasteiger partial charge in [0.2, 0.25) is 10.0 Å². The molecule has 0 aliphatic carbocycles. The molecule has 0 saturated carbocycles. The Hall–Kier alpha value is -0.430. The van der Waals surface area contributed by atoms with Crippen molar-refractivity contribution >= 4 is 26.0 Å². The Morgan fingerprint density at radius 1 is 1.40 bits per heavy atom. The summed E-state index contributed by atoms with van der Waals surface area (Å²) in [5, 5.41) is 0. The third-order valence-corrected chi connectivity index (χ3v) is 5.35. The first kappa shape index (κ1) is 15.9. The predicted octanol–water partition coefficient (Wildman–Crippen LogP) is 2.75. The lowest BCUT2D eigenvalue weighted by Crippen LogP contribution is -2.34. The van der Waals surface area contributed by atoms with Crippen molar-refractivity contribution in [1.82, 2.24) is 4.72 Å². The molecule has 2 rings (SSSR count). The third kappa shape index (κ3) is 4.84. The highest BCUT2D eigenvalue weighted by molar-refractivity contribution is 9.10. The normalized spacial score (nSPS) is 20.0. The summed E-state index contributed by atoms with van der Waals surface area (Å²) in [7, 11) is -3.29. The van der Waals surface area contributed by atoms with E-state index in [1.54, 1.807) is 0 Å². The van der Waals surface area contributed by atoms with Crippen LogP contribution in [0.25, 0.3) is 0 Å². The monoisotopic (exact) mass is 361 g/mol. The maximum absolute atomic E-state index is 12.0. The summed E-state index contributed by atoms with van der Waals surface area (Å²) in [5.74, 6) is 0.0581. The number of ether oxygens (including phenoxy) is 1. The van der Waals surface area contributed by atoms with Gasteiger partial charge < -0.3 is 4.74 Å². The molecule has 1 aromatic carbocycles. The van der Waals surface area contributed by atoms with Crippen LogP contribution in [0.3, 0.4) is 0 Å². The van der Waals surface area contributed by atoms with E-state index >= 15 is 0 Å². The van der Waals surface area contributed by atoms with Gasteiger partial charge in [-0.15, -0.1) is 0 Å². The number of benzene rings is 1. The zero-order chi connectivity index (χ0) is 14.6. The SMILES string of the molecule is Cc1cc(Br)ccc1CNS(=O)(=O)CC1CCCCO1. The van der Waals surface area contributed by atoms with E-state index < -0.39 is 10.0 Å². The molecular weight excluding hydrogens is 342 g/mol. The smallest absolute Gasteiger partial charge is 0.214 e. The number of rotatable bonds is 5. The van der Waals surface area contributed by atoms with Crippen LogP contribution in [-0.4, -0.2) is 26.9 Å². The topological polar surface area (TPSA) is 55.4 Å². The first-order valence-electron chi connectivity index (χ1n) is 6.80. The van der Waals surface area contributed by atoms with Crippen LogP contribution in [0.15, 0.2) is 22.7 Å². The van der Waals surface area contributed by atoms with Gasteiger partial charge in [-0.2, -0.15) is 0 Å². The van der Waals surface area contributed by atoms with Crippen LogP contribution in [0.2, 0.25) is 0 Å². The average Bonchev–Trinajstić information content (AvgIpc) is 2.38. The Labute approximate surface area is 129 Å². The maximum Gasteiger partial charge on any atom is 0.214 e. The van der Waals surface area contributed by atoms with Crippen LogP contribution >= 0.6 is 15.9 Å². The summed E-state index contributed by atoms with van der Waals surface area (Å²) in [6.07, 6.45) is 2.75. The van der Waals surface area contributed by atoms with Crippen molar-refractivity contribution < 1.29 is 13.2 Å². The molecule has 1 aliphatic rings. The van der Waals surface area contributed by atoms with Crippen molar-refractivity contribution in [3.8, 4) is 0 Å². The quantitative estimate of drug-likeness (QED) is 0.876. The Balaban J connectivity index is 1.91. The van der Waals surface area contributed by atoms with Crippen molar-refractivity contribution in [1.29, 1.82) is 0 Å². The number of nitrogens with one attached hydrogen (secondary N) is 1. The highest BCUT2D eigenvalue weighted by Gasteiger charge is 2.21. The minimum absolute atomic E-state index is 0.0581. The molecule has 1 atom stereocenters. The molecule has 0 aromatic heterocycles. The van der Waals surface area contributed by atoms with E-state index in [0.717, 1.165) is 34.9 Å². The second kappa shape index (κ2) is 7.02. The van der Waals surface area contributed by atoms with Crippen LogP contribution in [-0.2, 0) is 21.3 Å². The van der Waals surface area contributed by atoms with E-state index in [0.29, 0.717) is 13.2 Å². The van der Waals surface area contributed by atoms with Crippen molar-refractivity contribution in [2.45, 2.75) is 38.8 Å². The fourth-order valence-corrected chi connectivity index (χ4v) is 4.01. The van der Waals surface area contributed by atoms with Gasteiger partial charge in [0.05, 0.1) is 11.9 Å². The van der Waals surface area contributed by atoms with Gasteiger partial charge in [-0.05, 0) is 49.4 Å². The minimum Gasteiger partial charge on any atom is -0.377 e. The minimum atomic E-state index is -3.29. The van der Waals surface area contributed by atoms with E-state index in [1.807, 2.05) is 25.1 Å². The van der Waals surface area contributed by atoms with E-state index in [-0.39, 0.29) is 11.9 Å². The molecule has 1 fully saturated rings. The predicted molar refractivity (Wildman–Crippen MR) is 83.1 cm³/mol.